The maximum atomic E-state index is 11.4. The molecule has 0 spiro atoms. The number of aromatic nitrogens is 1. The van der Waals surface area contributed by atoms with E-state index in [1.165, 1.54) is 21.1 Å². The van der Waals surface area contributed by atoms with Gasteiger partial charge in [-0.2, -0.15) is 0 Å². The van der Waals surface area contributed by atoms with Gasteiger partial charge < -0.3 is 0 Å². The molecular formula is C17H13NOS2. The van der Waals surface area contributed by atoms with E-state index in [-0.39, 0.29) is 5.78 Å². The van der Waals surface area contributed by atoms with Gasteiger partial charge in [0.05, 0.1) is 4.88 Å². The van der Waals surface area contributed by atoms with Gasteiger partial charge in [0.25, 0.3) is 0 Å². The van der Waals surface area contributed by atoms with Gasteiger partial charge in [-0.05, 0) is 18.2 Å². The average Bonchev–Trinajstić information content (AvgIpc) is 2.99. The lowest BCUT2D eigenvalue weighted by Crippen LogP contribution is -1.87. The first kappa shape index (κ1) is 14.0. The third kappa shape index (κ3) is 3.23. The lowest BCUT2D eigenvalue weighted by molar-refractivity contribution is 0.101. The molecule has 0 atom stereocenters. The Kier molecular flexibility index (Phi) is 4.18. The molecule has 0 saturated heterocycles. The zero-order valence-electron chi connectivity index (χ0n) is 11.4. The van der Waals surface area contributed by atoms with Crippen molar-refractivity contribution in [3.63, 3.8) is 0 Å². The molecule has 0 bridgehead atoms. The van der Waals surface area contributed by atoms with Crippen molar-refractivity contribution < 1.29 is 4.79 Å². The van der Waals surface area contributed by atoms with Crippen molar-refractivity contribution in [3.8, 4) is 10.4 Å². The van der Waals surface area contributed by atoms with Crippen LogP contribution in [0.4, 0.5) is 0 Å². The third-order valence-corrected chi connectivity index (χ3v) is 5.15. The first-order chi connectivity index (χ1) is 10.2. The van der Waals surface area contributed by atoms with Crippen molar-refractivity contribution in [2.75, 3.05) is 0 Å². The van der Waals surface area contributed by atoms with Crippen molar-refractivity contribution >= 4 is 28.9 Å². The van der Waals surface area contributed by atoms with Crippen molar-refractivity contribution in [3.05, 3.63) is 65.8 Å². The van der Waals surface area contributed by atoms with Crippen LogP contribution in [-0.2, 0) is 0 Å². The van der Waals surface area contributed by atoms with Crippen LogP contribution in [0.15, 0.2) is 70.6 Å². The van der Waals surface area contributed by atoms with E-state index in [9.17, 15) is 4.79 Å². The van der Waals surface area contributed by atoms with E-state index >= 15 is 0 Å². The van der Waals surface area contributed by atoms with Gasteiger partial charge in [0.1, 0.15) is 0 Å². The van der Waals surface area contributed by atoms with Crippen LogP contribution in [-0.4, -0.2) is 10.8 Å². The third-order valence-electron chi connectivity index (χ3n) is 2.93. The van der Waals surface area contributed by atoms with Gasteiger partial charge in [-0.3, -0.25) is 4.79 Å². The zero-order valence-corrected chi connectivity index (χ0v) is 13.1. The largest absolute Gasteiger partial charge is 0.292 e. The second-order valence-electron chi connectivity index (χ2n) is 4.50. The highest BCUT2D eigenvalue weighted by Gasteiger charge is 2.11. The number of carbonyl (C=O) groups is 1. The Morgan fingerprint density at radius 3 is 2.48 bits per heavy atom. The second kappa shape index (κ2) is 6.24. The van der Waals surface area contributed by atoms with Crippen LogP contribution in [0.5, 0.6) is 0 Å². The van der Waals surface area contributed by atoms with E-state index in [1.807, 2.05) is 30.3 Å². The van der Waals surface area contributed by atoms with Crippen LogP contribution < -0.4 is 0 Å². The summed E-state index contributed by atoms with van der Waals surface area (Å²) in [6.07, 6.45) is 1.78. The Morgan fingerprint density at radius 1 is 1.05 bits per heavy atom. The summed E-state index contributed by atoms with van der Waals surface area (Å²) in [7, 11) is 0. The number of rotatable bonds is 4. The quantitative estimate of drug-likeness (QED) is 0.623. The molecule has 21 heavy (non-hydrogen) atoms. The number of hydrogen-bond donors (Lipinski definition) is 0. The second-order valence-corrected chi connectivity index (χ2v) is 6.64. The first-order valence-corrected chi connectivity index (χ1v) is 8.16. The summed E-state index contributed by atoms with van der Waals surface area (Å²) in [4.78, 5) is 19.0. The van der Waals surface area contributed by atoms with Crippen LogP contribution in [0.2, 0.25) is 0 Å². The lowest BCUT2D eigenvalue weighted by Gasteiger charge is -2.07. The van der Waals surface area contributed by atoms with Crippen LogP contribution in [0.3, 0.4) is 0 Å². The number of nitrogens with zero attached hydrogens (tertiary/aromatic N) is 1. The van der Waals surface area contributed by atoms with Gasteiger partial charge in [-0.1, -0.05) is 48.2 Å². The van der Waals surface area contributed by atoms with Crippen LogP contribution in [0, 0.1) is 0 Å². The highest BCUT2D eigenvalue weighted by Crippen LogP contribution is 2.37. The molecule has 3 aromatic rings. The van der Waals surface area contributed by atoms with Crippen LogP contribution >= 0.6 is 23.1 Å². The van der Waals surface area contributed by atoms with Crippen molar-refractivity contribution in [1.82, 2.24) is 4.98 Å². The topological polar surface area (TPSA) is 30.0 Å². The molecule has 104 valence electrons. The zero-order chi connectivity index (χ0) is 14.7. The average molecular weight is 311 g/mol. The summed E-state index contributed by atoms with van der Waals surface area (Å²) in [6, 6.07) is 18.5. The van der Waals surface area contributed by atoms with Gasteiger partial charge in [0.15, 0.2) is 10.8 Å². The SMILES string of the molecule is CC(=O)c1ncc(-c2ccccc2Sc2ccccc2)s1. The number of hydrogen-bond acceptors (Lipinski definition) is 4. The van der Waals surface area contributed by atoms with Crippen LogP contribution in [0.25, 0.3) is 10.4 Å². The van der Waals surface area contributed by atoms with Gasteiger partial charge in [0.2, 0.25) is 0 Å². The Balaban J connectivity index is 1.97. The fraction of sp³-hybridized carbons (Fsp3) is 0.0588. The maximum absolute atomic E-state index is 11.4. The lowest BCUT2D eigenvalue weighted by atomic mass is 10.2. The smallest absolute Gasteiger partial charge is 0.188 e. The molecule has 0 N–H and O–H groups in total. The molecule has 0 unspecified atom stereocenters. The molecule has 0 fully saturated rings. The van der Waals surface area contributed by atoms with Gasteiger partial charge in [-0.25, -0.2) is 4.98 Å². The molecule has 0 aliphatic rings. The fourth-order valence-electron chi connectivity index (χ4n) is 1.94. The van der Waals surface area contributed by atoms with E-state index in [2.05, 4.69) is 29.2 Å². The summed E-state index contributed by atoms with van der Waals surface area (Å²) in [6.45, 7) is 1.55. The highest BCUT2D eigenvalue weighted by atomic mass is 32.2. The van der Waals surface area contributed by atoms with E-state index < -0.39 is 0 Å². The van der Waals surface area contributed by atoms with Crippen molar-refractivity contribution in [2.24, 2.45) is 0 Å². The number of thiazole rings is 1. The molecule has 0 saturated carbocycles. The molecular weight excluding hydrogens is 298 g/mol. The highest BCUT2D eigenvalue weighted by molar-refractivity contribution is 7.99. The van der Waals surface area contributed by atoms with E-state index in [0.717, 1.165) is 10.4 Å². The minimum Gasteiger partial charge on any atom is -0.292 e. The number of benzene rings is 2. The van der Waals surface area contributed by atoms with Gasteiger partial charge in [0, 0.05) is 28.5 Å². The molecule has 3 rings (SSSR count). The monoisotopic (exact) mass is 311 g/mol. The summed E-state index contributed by atoms with van der Waals surface area (Å²) >= 11 is 3.17. The summed E-state index contributed by atoms with van der Waals surface area (Å²) < 4.78 is 0. The molecule has 4 heteroatoms. The molecule has 0 aliphatic carbocycles. The fourth-order valence-corrected chi connectivity index (χ4v) is 3.83. The Labute approximate surface area is 131 Å². The molecule has 0 radical (unpaired) electrons. The molecule has 1 heterocycles. The van der Waals surface area contributed by atoms with Crippen molar-refractivity contribution in [1.29, 1.82) is 0 Å². The number of Topliss-reactive ketones (excluding diaryl/α,β-unsaturated/α-hetero) is 1. The summed E-state index contributed by atoms with van der Waals surface area (Å²) in [5.74, 6) is 0.0134. The predicted octanol–water partition coefficient (Wildman–Crippen LogP) is 5.16. The Morgan fingerprint density at radius 2 is 1.76 bits per heavy atom. The summed E-state index contributed by atoms with van der Waals surface area (Å²) in [5.41, 5.74) is 1.12. The van der Waals surface area contributed by atoms with Gasteiger partial charge in [-0.15, -0.1) is 11.3 Å². The van der Waals surface area contributed by atoms with Crippen LogP contribution in [0.1, 0.15) is 16.7 Å². The molecule has 0 amide bonds. The Bertz CT molecular complexity index is 765. The minimum atomic E-state index is 0.0134. The Hall–Kier alpha value is -1.91. The van der Waals surface area contributed by atoms with E-state index in [0.29, 0.717) is 5.01 Å². The van der Waals surface area contributed by atoms with Gasteiger partial charge >= 0.3 is 0 Å². The first-order valence-electron chi connectivity index (χ1n) is 6.53. The number of carbonyl (C=O) groups excluding carboxylic acids is 1. The maximum Gasteiger partial charge on any atom is 0.188 e. The number of ketones is 1. The molecule has 2 aromatic carbocycles. The van der Waals surface area contributed by atoms with Crippen molar-refractivity contribution in [2.45, 2.75) is 16.7 Å². The minimum absolute atomic E-state index is 0.0134. The molecule has 0 aliphatic heterocycles. The standard InChI is InChI=1S/C17H13NOS2/c1-12(19)17-18-11-16(21-17)14-9-5-6-10-15(14)20-13-7-3-2-4-8-13/h2-11H,1H3. The molecule has 1 aromatic heterocycles. The predicted molar refractivity (Wildman–Crippen MR) is 88.1 cm³/mol. The summed E-state index contributed by atoms with van der Waals surface area (Å²) in [5, 5.41) is 0.560. The molecule has 2 nitrogen and oxygen atoms in total. The van der Waals surface area contributed by atoms with E-state index in [4.69, 9.17) is 0 Å². The van der Waals surface area contributed by atoms with E-state index in [1.54, 1.807) is 24.9 Å². The normalized spacial score (nSPS) is 10.5.